The molecule has 424 valence electrons. The number of allylic oxidation sites excluding steroid dienone is 4. The molecule has 0 aliphatic rings. The quantitative estimate of drug-likeness (QED) is 0.0843. The van der Waals surface area contributed by atoms with E-state index in [4.69, 9.17) is 26.3 Å². The van der Waals surface area contributed by atoms with E-state index in [1.54, 1.807) is 0 Å². The highest BCUT2D eigenvalue weighted by atomic mass is 16.3. The predicted molar refractivity (Wildman–Crippen MR) is 334 cm³/mol. The van der Waals surface area contributed by atoms with Crippen LogP contribution in [0.1, 0.15) is 259 Å². The molecule has 0 bridgehead atoms. The second-order valence-electron chi connectivity index (χ2n) is 31.1. The van der Waals surface area contributed by atoms with E-state index in [1.807, 2.05) is 24.3 Å². The first-order valence-corrected chi connectivity index (χ1v) is 28.8. The second kappa shape index (κ2) is 22.3. The molecular formula is C73H108O4. The summed E-state index contributed by atoms with van der Waals surface area (Å²) in [5.41, 5.74) is 14.2. The standard InChI is InChI=1S/C73H108O4/c1-45(29-33-49-37-41-53(74)61(69(17,18)19)57(49)65(5,6)7)73(46(2)30-34-50-38-42-54(75)62(70(20,21)22)58(50)66(8,9)10,47(3)31-35-51-39-43-55(76)63(71(23,24)25)59(51)67(11,12)13)48(4)32-36-52-40-44-56(77)64(72(26,27)28)60(52)68(14,15)16/h37-44,74-77H,1-4,29-36H2,5-28H3. The Morgan fingerprint density at radius 1 is 0.260 bits per heavy atom. The van der Waals surface area contributed by atoms with Crippen LogP contribution in [0.15, 0.2) is 97.1 Å². The maximum Gasteiger partial charge on any atom is 0.119 e. The summed E-state index contributed by atoms with van der Waals surface area (Å²) in [7, 11) is 0. The lowest BCUT2D eigenvalue weighted by molar-refractivity contribution is 0.433. The number of benzene rings is 4. The zero-order valence-electron chi connectivity index (χ0n) is 53.4. The van der Waals surface area contributed by atoms with E-state index in [0.29, 0.717) is 74.4 Å². The molecule has 4 aromatic carbocycles. The van der Waals surface area contributed by atoms with Gasteiger partial charge in [-0.05, 0) is 163 Å². The van der Waals surface area contributed by atoms with Crippen LogP contribution in [0.4, 0.5) is 0 Å². The summed E-state index contributed by atoms with van der Waals surface area (Å²) in [4.78, 5) is 0. The monoisotopic (exact) mass is 1050 g/mol. The summed E-state index contributed by atoms with van der Waals surface area (Å²) in [5, 5.41) is 46.2. The molecule has 77 heavy (non-hydrogen) atoms. The Morgan fingerprint density at radius 2 is 0.403 bits per heavy atom. The summed E-state index contributed by atoms with van der Waals surface area (Å²) in [6.07, 6.45) is 5.24. The topological polar surface area (TPSA) is 80.9 Å². The summed E-state index contributed by atoms with van der Waals surface area (Å²) < 4.78 is 0. The Balaban J connectivity index is 2.11. The van der Waals surface area contributed by atoms with Crippen LogP contribution in [0, 0.1) is 5.41 Å². The van der Waals surface area contributed by atoms with Crippen LogP contribution in [0.2, 0.25) is 0 Å². The number of hydrogen-bond donors (Lipinski definition) is 4. The van der Waals surface area contributed by atoms with Gasteiger partial charge in [0.25, 0.3) is 0 Å². The maximum absolute atomic E-state index is 11.5. The first-order valence-electron chi connectivity index (χ1n) is 28.8. The molecule has 4 nitrogen and oxygen atoms in total. The molecule has 4 rings (SSSR count). The molecule has 0 saturated carbocycles. The van der Waals surface area contributed by atoms with Gasteiger partial charge in [-0.1, -0.05) is 239 Å². The number of rotatable bonds is 16. The number of aryl methyl sites for hydroxylation is 4. The van der Waals surface area contributed by atoms with Crippen LogP contribution < -0.4 is 0 Å². The SMILES string of the molecule is C=C(CCc1ccc(O)c(C(C)(C)C)c1C(C)(C)C)C(C(=C)CCc1ccc(O)c(C(C)(C)C)c1C(C)(C)C)(C(=C)CCc1ccc(O)c(C(C)(C)C)c1C(C)(C)C)C(=C)CCc1ccc(O)c(C(C)(C)C)c1C(C)(C)C. The number of aromatic hydroxyl groups is 4. The molecule has 0 fully saturated rings. The fraction of sp³-hybridized carbons (Fsp3) is 0.562. The Hall–Kier alpha value is -4.96. The number of phenols is 4. The van der Waals surface area contributed by atoms with Crippen LogP contribution in [0.25, 0.3) is 0 Å². The maximum atomic E-state index is 11.5. The van der Waals surface area contributed by atoms with Gasteiger partial charge >= 0.3 is 0 Å². The molecule has 4 heteroatoms. The zero-order valence-corrected chi connectivity index (χ0v) is 53.4. The molecule has 0 atom stereocenters. The highest BCUT2D eigenvalue weighted by molar-refractivity contribution is 5.57. The fourth-order valence-electron chi connectivity index (χ4n) is 13.2. The van der Waals surface area contributed by atoms with Gasteiger partial charge in [-0.15, -0.1) is 0 Å². The van der Waals surface area contributed by atoms with Crippen molar-refractivity contribution in [3.63, 3.8) is 0 Å². The van der Waals surface area contributed by atoms with Gasteiger partial charge in [0.2, 0.25) is 0 Å². The highest BCUT2D eigenvalue weighted by Gasteiger charge is 2.43. The van der Waals surface area contributed by atoms with Gasteiger partial charge in [0, 0.05) is 22.3 Å². The van der Waals surface area contributed by atoms with Gasteiger partial charge in [0.05, 0.1) is 5.41 Å². The zero-order chi connectivity index (χ0) is 59.4. The smallest absolute Gasteiger partial charge is 0.119 e. The predicted octanol–water partition coefficient (Wildman–Crippen LogP) is 19.9. The van der Waals surface area contributed by atoms with Crippen molar-refractivity contribution in [2.75, 3.05) is 0 Å². The first-order chi connectivity index (χ1) is 34.6. The molecule has 0 spiro atoms. The third-order valence-electron chi connectivity index (χ3n) is 16.0. The second-order valence-corrected chi connectivity index (χ2v) is 31.1. The molecule has 0 unspecified atom stereocenters. The van der Waals surface area contributed by atoms with Crippen molar-refractivity contribution < 1.29 is 20.4 Å². The van der Waals surface area contributed by atoms with Crippen molar-refractivity contribution in [2.24, 2.45) is 5.41 Å². The highest BCUT2D eigenvalue weighted by Crippen LogP contribution is 2.55. The molecule has 0 amide bonds. The molecule has 0 heterocycles. The molecular weight excluding hydrogens is 941 g/mol. The Kier molecular flexibility index (Phi) is 18.7. The summed E-state index contributed by atoms with van der Waals surface area (Å²) >= 11 is 0. The molecule has 0 aliphatic heterocycles. The van der Waals surface area contributed by atoms with Crippen LogP contribution in [0.3, 0.4) is 0 Å². The average molecular weight is 1050 g/mol. The van der Waals surface area contributed by atoms with Crippen LogP contribution in [-0.4, -0.2) is 20.4 Å². The van der Waals surface area contributed by atoms with Gasteiger partial charge in [-0.3, -0.25) is 0 Å². The van der Waals surface area contributed by atoms with E-state index in [-0.39, 0.29) is 43.3 Å². The summed E-state index contributed by atoms with van der Waals surface area (Å²) in [6.45, 7) is 73.7. The van der Waals surface area contributed by atoms with Crippen molar-refractivity contribution in [3.05, 3.63) is 164 Å². The summed E-state index contributed by atoms with van der Waals surface area (Å²) in [6, 6.07) is 16.0. The average Bonchev–Trinajstić information content (AvgIpc) is 3.23. The number of hydrogen-bond acceptors (Lipinski definition) is 4. The molecule has 0 aliphatic carbocycles. The molecule has 0 saturated heterocycles. The normalized spacial score (nSPS) is 13.5. The Bertz CT molecular complexity index is 2460. The van der Waals surface area contributed by atoms with E-state index in [1.165, 1.54) is 44.5 Å². The van der Waals surface area contributed by atoms with Gasteiger partial charge in [-0.2, -0.15) is 0 Å². The van der Waals surface area contributed by atoms with Crippen LogP contribution in [0.5, 0.6) is 23.0 Å². The minimum Gasteiger partial charge on any atom is -0.508 e. The lowest BCUT2D eigenvalue weighted by Crippen LogP contribution is -2.32. The molecule has 4 N–H and O–H groups in total. The van der Waals surface area contributed by atoms with E-state index >= 15 is 0 Å². The van der Waals surface area contributed by atoms with Crippen molar-refractivity contribution >= 4 is 0 Å². The lowest BCUT2D eigenvalue weighted by atomic mass is 9.60. The van der Waals surface area contributed by atoms with Gasteiger partial charge in [0.1, 0.15) is 23.0 Å². The number of phenolic OH excluding ortho intramolecular Hbond substituents is 4. The van der Waals surface area contributed by atoms with E-state index in [0.717, 1.165) is 44.5 Å². The Morgan fingerprint density at radius 3 is 0.532 bits per heavy atom. The van der Waals surface area contributed by atoms with E-state index in [2.05, 4.69) is 190 Å². The van der Waals surface area contributed by atoms with Gasteiger partial charge < -0.3 is 20.4 Å². The minimum absolute atomic E-state index is 0.256. The van der Waals surface area contributed by atoms with Crippen molar-refractivity contribution in [1.82, 2.24) is 0 Å². The molecule has 0 radical (unpaired) electrons. The van der Waals surface area contributed by atoms with Crippen molar-refractivity contribution in [2.45, 2.75) is 261 Å². The van der Waals surface area contributed by atoms with E-state index in [9.17, 15) is 20.4 Å². The fourth-order valence-corrected chi connectivity index (χ4v) is 13.2. The largest absolute Gasteiger partial charge is 0.508 e. The first kappa shape index (κ1) is 64.6. The lowest BCUT2D eigenvalue weighted by Gasteiger charge is -2.43. The molecule has 0 aromatic heterocycles. The van der Waals surface area contributed by atoms with E-state index < -0.39 is 5.41 Å². The van der Waals surface area contributed by atoms with Gasteiger partial charge in [-0.25, -0.2) is 0 Å². The van der Waals surface area contributed by atoms with Crippen LogP contribution >= 0.6 is 0 Å². The van der Waals surface area contributed by atoms with Crippen molar-refractivity contribution in [3.8, 4) is 23.0 Å². The third-order valence-corrected chi connectivity index (χ3v) is 16.0. The Labute approximate surface area is 471 Å². The molecule has 4 aromatic rings. The van der Waals surface area contributed by atoms with Crippen LogP contribution in [-0.2, 0) is 69.0 Å². The summed E-state index contributed by atoms with van der Waals surface area (Å²) in [5.74, 6) is 1.30. The van der Waals surface area contributed by atoms with Gasteiger partial charge in [0.15, 0.2) is 0 Å². The third kappa shape index (κ3) is 14.1. The van der Waals surface area contributed by atoms with Crippen molar-refractivity contribution in [1.29, 1.82) is 0 Å². The minimum atomic E-state index is -0.922.